The normalized spacial score (nSPS) is 43.0. The van der Waals surface area contributed by atoms with Gasteiger partial charge in [0.05, 0.1) is 5.60 Å². The van der Waals surface area contributed by atoms with Crippen LogP contribution in [0.25, 0.3) is 5.70 Å². The second-order valence-electron chi connectivity index (χ2n) is 8.09. The van der Waals surface area contributed by atoms with E-state index in [1.165, 1.54) is 5.56 Å². The third kappa shape index (κ3) is 1.33. The molecule has 0 spiro atoms. The molecule has 3 saturated carbocycles. The molecule has 2 nitrogen and oxygen atoms in total. The topological polar surface area (TPSA) is 46.2 Å². The van der Waals surface area contributed by atoms with Crippen molar-refractivity contribution in [3.8, 4) is 0 Å². The Labute approximate surface area is 127 Å². The maximum Gasteiger partial charge on any atom is 0.0690 e. The van der Waals surface area contributed by atoms with E-state index < -0.39 is 5.60 Å². The summed E-state index contributed by atoms with van der Waals surface area (Å²) < 4.78 is 0. The lowest BCUT2D eigenvalue weighted by Gasteiger charge is -2.73. The molecule has 0 radical (unpaired) electrons. The average molecular weight is 283 g/mol. The van der Waals surface area contributed by atoms with Gasteiger partial charge in [-0.05, 0) is 43.1 Å². The highest BCUT2D eigenvalue weighted by Gasteiger charge is 2.72. The summed E-state index contributed by atoms with van der Waals surface area (Å²) in [5.74, 6) is 0.982. The van der Waals surface area contributed by atoms with Crippen LogP contribution in [-0.2, 0) is 0 Å². The van der Waals surface area contributed by atoms with E-state index in [2.05, 4.69) is 45.0 Å². The first kappa shape index (κ1) is 13.4. The van der Waals surface area contributed by atoms with E-state index >= 15 is 0 Å². The molecular weight excluding hydrogens is 258 g/mol. The van der Waals surface area contributed by atoms with Crippen LogP contribution in [0.1, 0.15) is 57.1 Å². The lowest BCUT2D eigenvalue weighted by atomic mass is 9.32. The summed E-state index contributed by atoms with van der Waals surface area (Å²) in [6, 6.07) is 8.45. The van der Waals surface area contributed by atoms with Crippen LogP contribution < -0.4 is 5.73 Å². The van der Waals surface area contributed by atoms with Crippen molar-refractivity contribution >= 4 is 5.70 Å². The molecule has 0 saturated heterocycles. The van der Waals surface area contributed by atoms with Crippen molar-refractivity contribution < 1.29 is 5.11 Å². The first-order valence-electron chi connectivity index (χ1n) is 8.10. The number of allylic oxidation sites excluding steroid dienone is 1. The number of aliphatic hydroxyl groups is 1. The van der Waals surface area contributed by atoms with Gasteiger partial charge in [0.2, 0.25) is 0 Å². The van der Waals surface area contributed by atoms with Gasteiger partial charge in [-0.25, -0.2) is 0 Å². The highest BCUT2D eigenvalue weighted by molar-refractivity contribution is 5.73. The lowest BCUT2D eigenvalue weighted by Crippen LogP contribution is -2.71. The standard InChI is InChI=1S/C19H25NO/c1-17(2)12-8-9-18(3,21)19(17,11-12)15-10-16(20)14-7-5-4-6-13(14)15/h4-7,10,12,15,21H,8-9,11,20H2,1-3H3. The second kappa shape index (κ2) is 3.73. The molecule has 3 N–H and O–H groups in total. The molecule has 4 aliphatic carbocycles. The summed E-state index contributed by atoms with van der Waals surface area (Å²) in [6.07, 6.45) is 5.39. The molecule has 1 aromatic rings. The van der Waals surface area contributed by atoms with E-state index in [1.807, 2.05) is 6.07 Å². The van der Waals surface area contributed by atoms with Crippen molar-refractivity contribution in [2.75, 3.05) is 0 Å². The van der Waals surface area contributed by atoms with E-state index in [9.17, 15) is 5.11 Å². The van der Waals surface area contributed by atoms with Gasteiger partial charge in [0.15, 0.2) is 0 Å². The lowest BCUT2D eigenvalue weighted by molar-refractivity contribution is -0.277. The first-order valence-corrected chi connectivity index (χ1v) is 8.10. The predicted octanol–water partition coefficient (Wildman–Crippen LogP) is 3.66. The molecule has 4 aliphatic rings. The van der Waals surface area contributed by atoms with E-state index in [0.29, 0.717) is 0 Å². The smallest absolute Gasteiger partial charge is 0.0690 e. The zero-order valence-electron chi connectivity index (χ0n) is 13.2. The van der Waals surface area contributed by atoms with Crippen molar-refractivity contribution in [2.24, 2.45) is 22.5 Å². The zero-order chi connectivity index (χ0) is 15.0. The van der Waals surface area contributed by atoms with E-state index in [1.54, 1.807) is 0 Å². The molecular formula is C19H25NO. The number of hydrogen-bond donors (Lipinski definition) is 2. The van der Waals surface area contributed by atoms with Gasteiger partial charge < -0.3 is 10.8 Å². The fourth-order valence-electron chi connectivity index (χ4n) is 5.86. The second-order valence-corrected chi connectivity index (χ2v) is 8.09. The Morgan fingerprint density at radius 3 is 2.57 bits per heavy atom. The van der Waals surface area contributed by atoms with Crippen molar-refractivity contribution in [1.29, 1.82) is 0 Å². The zero-order valence-corrected chi connectivity index (χ0v) is 13.2. The van der Waals surface area contributed by atoms with Crippen molar-refractivity contribution in [3.63, 3.8) is 0 Å². The number of benzene rings is 1. The van der Waals surface area contributed by atoms with Crippen LogP contribution in [0.2, 0.25) is 0 Å². The number of hydrogen-bond acceptors (Lipinski definition) is 2. The summed E-state index contributed by atoms with van der Waals surface area (Å²) in [7, 11) is 0. The Bertz CT molecular complexity index is 633. The van der Waals surface area contributed by atoms with Gasteiger partial charge in [-0.3, -0.25) is 0 Å². The molecule has 0 heterocycles. The maximum atomic E-state index is 11.3. The van der Waals surface area contributed by atoms with Gasteiger partial charge in [0, 0.05) is 22.6 Å². The molecule has 4 atom stereocenters. The van der Waals surface area contributed by atoms with Crippen LogP contribution in [0.15, 0.2) is 30.3 Å². The van der Waals surface area contributed by atoms with Gasteiger partial charge in [-0.1, -0.05) is 44.2 Å². The van der Waals surface area contributed by atoms with Crippen LogP contribution in [0, 0.1) is 16.7 Å². The van der Waals surface area contributed by atoms with Crippen LogP contribution in [0.4, 0.5) is 0 Å². The summed E-state index contributed by atoms with van der Waals surface area (Å²) in [5, 5.41) is 11.3. The Balaban J connectivity index is 1.90. The Morgan fingerprint density at radius 2 is 1.90 bits per heavy atom. The third-order valence-corrected chi connectivity index (χ3v) is 7.16. The quantitative estimate of drug-likeness (QED) is 0.826. The van der Waals surface area contributed by atoms with Gasteiger partial charge in [0.25, 0.3) is 0 Å². The molecule has 21 heavy (non-hydrogen) atoms. The molecule has 0 amide bonds. The van der Waals surface area contributed by atoms with Gasteiger partial charge in [-0.2, -0.15) is 0 Å². The largest absolute Gasteiger partial charge is 0.398 e. The Hall–Kier alpha value is -1.28. The minimum atomic E-state index is -0.621. The molecule has 2 heteroatoms. The van der Waals surface area contributed by atoms with Crippen molar-refractivity contribution in [3.05, 3.63) is 41.5 Å². The van der Waals surface area contributed by atoms with Crippen LogP contribution in [-0.4, -0.2) is 10.7 Å². The van der Waals surface area contributed by atoms with Crippen LogP contribution in [0.3, 0.4) is 0 Å². The maximum absolute atomic E-state index is 11.3. The van der Waals surface area contributed by atoms with Crippen LogP contribution >= 0.6 is 0 Å². The average Bonchev–Trinajstić information content (AvgIpc) is 2.75. The SMILES string of the molecule is CC1(O)CCC2CC1(C1C=C(N)c3ccccc31)C2(C)C. The molecule has 2 bridgehead atoms. The molecule has 3 fully saturated rings. The molecule has 112 valence electrons. The molecule has 0 aliphatic heterocycles. The fraction of sp³-hybridized carbons (Fsp3) is 0.579. The number of fused-ring (bicyclic) bond motifs is 3. The first-order chi connectivity index (χ1) is 9.81. The van der Waals surface area contributed by atoms with Gasteiger partial charge in [-0.15, -0.1) is 0 Å². The van der Waals surface area contributed by atoms with E-state index in [-0.39, 0.29) is 16.7 Å². The monoisotopic (exact) mass is 283 g/mol. The molecule has 4 unspecified atom stereocenters. The van der Waals surface area contributed by atoms with Gasteiger partial charge in [0.1, 0.15) is 0 Å². The summed E-state index contributed by atoms with van der Waals surface area (Å²) >= 11 is 0. The third-order valence-electron chi connectivity index (χ3n) is 7.16. The Morgan fingerprint density at radius 1 is 1.19 bits per heavy atom. The molecule has 5 rings (SSSR count). The molecule has 1 aromatic carbocycles. The highest BCUT2D eigenvalue weighted by atomic mass is 16.3. The fourth-order valence-corrected chi connectivity index (χ4v) is 5.86. The van der Waals surface area contributed by atoms with Crippen LogP contribution in [0.5, 0.6) is 0 Å². The summed E-state index contributed by atoms with van der Waals surface area (Å²) in [5.41, 5.74) is 9.09. The minimum absolute atomic E-state index is 0.0832. The summed E-state index contributed by atoms with van der Waals surface area (Å²) in [6.45, 7) is 6.74. The van der Waals surface area contributed by atoms with E-state index in [4.69, 9.17) is 5.73 Å². The minimum Gasteiger partial charge on any atom is -0.398 e. The highest BCUT2D eigenvalue weighted by Crippen LogP contribution is 2.76. The van der Waals surface area contributed by atoms with Crippen molar-refractivity contribution in [2.45, 2.75) is 51.6 Å². The number of rotatable bonds is 1. The van der Waals surface area contributed by atoms with Crippen molar-refractivity contribution in [1.82, 2.24) is 0 Å². The Kier molecular flexibility index (Phi) is 2.38. The predicted molar refractivity (Wildman–Crippen MR) is 85.5 cm³/mol. The molecule has 0 aromatic heterocycles. The number of nitrogens with two attached hydrogens (primary N) is 1. The van der Waals surface area contributed by atoms with E-state index in [0.717, 1.165) is 36.4 Å². The summed E-state index contributed by atoms with van der Waals surface area (Å²) in [4.78, 5) is 0. The van der Waals surface area contributed by atoms with Gasteiger partial charge >= 0.3 is 0 Å².